The topological polar surface area (TPSA) is 121 Å². The number of rotatable bonds is 5. The Morgan fingerprint density at radius 1 is 1.13 bits per heavy atom. The smallest absolute Gasteiger partial charge is 0.328 e. The molecule has 0 atom stereocenters. The molecule has 0 aliphatic heterocycles. The summed E-state index contributed by atoms with van der Waals surface area (Å²) < 4.78 is 4.27. The Bertz CT molecular complexity index is 1410. The fourth-order valence-electron chi connectivity index (χ4n) is 3.63. The number of nitrogens with one attached hydrogen (secondary N) is 1. The van der Waals surface area contributed by atoms with Crippen molar-refractivity contribution in [3.63, 3.8) is 0 Å². The van der Waals surface area contributed by atoms with Crippen LogP contribution in [0.1, 0.15) is 10.4 Å². The first-order valence-electron chi connectivity index (χ1n) is 8.98. The molecule has 4 rings (SSSR count). The predicted octanol–water partition coefficient (Wildman–Crippen LogP) is 2.19. The first-order valence-corrected chi connectivity index (χ1v) is 8.98. The number of nitro benzene ring substituents is 1. The van der Waals surface area contributed by atoms with Gasteiger partial charge < -0.3 is 9.88 Å². The molecule has 0 fully saturated rings. The Balaban J connectivity index is 1.72. The van der Waals surface area contributed by atoms with Crippen molar-refractivity contribution in [1.82, 2.24) is 13.7 Å². The quantitative estimate of drug-likeness (QED) is 0.309. The average Bonchev–Trinajstić information content (AvgIpc) is 3.18. The van der Waals surface area contributed by atoms with Crippen LogP contribution in [0.4, 0.5) is 11.4 Å². The number of aldehydes is 1. The van der Waals surface area contributed by atoms with E-state index >= 15 is 0 Å². The van der Waals surface area contributed by atoms with Crippen molar-refractivity contribution in [2.24, 2.45) is 14.1 Å². The van der Waals surface area contributed by atoms with Gasteiger partial charge in [-0.1, -0.05) is 18.2 Å². The van der Waals surface area contributed by atoms with E-state index in [1.807, 2.05) is 0 Å². The third-order valence-electron chi connectivity index (χ3n) is 5.12. The summed E-state index contributed by atoms with van der Waals surface area (Å²) in [6.45, 7) is -0.142. The summed E-state index contributed by atoms with van der Waals surface area (Å²) in [5, 5.41) is 14.8. The van der Waals surface area contributed by atoms with Crippen LogP contribution in [0.3, 0.4) is 0 Å². The van der Waals surface area contributed by atoms with Crippen molar-refractivity contribution in [3.05, 3.63) is 68.8 Å². The van der Waals surface area contributed by atoms with Gasteiger partial charge in [0.15, 0.2) is 6.29 Å². The molecule has 0 saturated carbocycles. The molecule has 10 nitrogen and oxygen atoms in total. The summed E-state index contributed by atoms with van der Waals surface area (Å²) >= 11 is 0. The number of carbonyl (C=O) groups excluding carboxylic acids is 2. The molecule has 2 heterocycles. The molecule has 152 valence electrons. The highest BCUT2D eigenvalue weighted by Gasteiger charge is 2.21. The molecule has 2 aromatic carbocycles. The SMILES string of the molecule is Cn1c(=O)n(C)c2cc([N+](=O)[O-])c(NC(=O)Cn3cc(C=O)c4ccccc43)cc21. The minimum absolute atomic E-state index is 0.00854. The molecule has 0 radical (unpaired) electrons. The second kappa shape index (κ2) is 6.99. The van der Waals surface area contributed by atoms with Crippen LogP contribution < -0.4 is 11.0 Å². The highest BCUT2D eigenvalue weighted by molar-refractivity contribution is 6.00. The zero-order valence-corrected chi connectivity index (χ0v) is 16.2. The normalized spacial score (nSPS) is 11.1. The molecule has 0 unspecified atom stereocenters. The van der Waals surface area contributed by atoms with Gasteiger partial charge in [0.1, 0.15) is 12.2 Å². The maximum Gasteiger partial charge on any atom is 0.328 e. The number of anilines is 1. The highest BCUT2D eigenvalue weighted by atomic mass is 16.6. The van der Waals surface area contributed by atoms with Gasteiger partial charge in [0.05, 0.1) is 16.0 Å². The lowest BCUT2D eigenvalue weighted by molar-refractivity contribution is -0.383. The number of nitrogens with zero attached hydrogens (tertiary/aromatic N) is 4. The number of aromatic nitrogens is 3. The van der Waals surface area contributed by atoms with Crippen LogP contribution in [-0.4, -0.2) is 30.8 Å². The minimum Gasteiger partial charge on any atom is -0.337 e. The van der Waals surface area contributed by atoms with Gasteiger partial charge in [0, 0.05) is 42.8 Å². The van der Waals surface area contributed by atoms with Gasteiger partial charge in [-0.3, -0.25) is 28.8 Å². The van der Waals surface area contributed by atoms with Gasteiger partial charge in [0.25, 0.3) is 5.69 Å². The number of hydrogen-bond donors (Lipinski definition) is 1. The van der Waals surface area contributed by atoms with Gasteiger partial charge in [-0.2, -0.15) is 0 Å². The van der Waals surface area contributed by atoms with E-state index in [0.29, 0.717) is 33.8 Å². The zero-order chi connectivity index (χ0) is 21.6. The second-order valence-electron chi connectivity index (χ2n) is 6.91. The molecule has 1 amide bonds. The Morgan fingerprint density at radius 2 is 1.80 bits per heavy atom. The molecule has 30 heavy (non-hydrogen) atoms. The number of aryl methyl sites for hydroxylation is 2. The summed E-state index contributed by atoms with van der Waals surface area (Å²) in [4.78, 5) is 47.0. The number of fused-ring (bicyclic) bond motifs is 2. The first-order chi connectivity index (χ1) is 14.3. The number of imidazole rings is 1. The molecule has 0 aliphatic rings. The van der Waals surface area contributed by atoms with Crippen LogP contribution in [0.2, 0.25) is 0 Å². The summed E-state index contributed by atoms with van der Waals surface area (Å²) in [5.74, 6) is -0.503. The fraction of sp³-hybridized carbons (Fsp3) is 0.150. The first kappa shape index (κ1) is 19.1. The predicted molar refractivity (Wildman–Crippen MR) is 111 cm³/mol. The van der Waals surface area contributed by atoms with E-state index in [2.05, 4.69) is 5.32 Å². The number of carbonyl (C=O) groups is 2. The lowest BCUT2D eigenvalue weighted by Gasteiger charge is -2.09. The average molecular weight is 407 g/mol. The molecule has 0 spiro atoms. The summed E-state index contributed by atoms with van der Waals surface area (Å²) in [5.41, 5.74) is 1.34. The maximum atomic E-state index is 12.7. The molecule has 10 heteroatoms. The fourth-order valence-corrected chi connectivity index (χ4v) is 3.63. The summed E-state index contributed by atoms with van der Waals surface area (Å²) in [6, 6.07) is 9.83. The Labute approximate surface area is 169 Å². The number of nitro groups is 1. The van der Waals surface area contributed by atoms with E-state index in [-0.39, 0.29) is 23.6 Å². The van der Waals surface area contributed by atoms with Crippen molar-refractivity contribution in [3.8, 4) is 0 Å². The van der Waals surface area contributed by atoms with Gasteiger partial charge in [-0.05, 0) is 12.1 Å². The number of hydrogen-bond acceptors (Lipinski definition) is 5. The van der Waals surface area contributed by atoms with Crippen LogP contribution in [0, 0.1) is 10.1 Å². The molecule has 0 aliphatic carbocycles. The largest absolute Gasteiger partial charge is 0.337 e. The van der Waals surface area contributed by atoms with E-state index in [1.165, 1.54) is 28.3 Å². The second-order valence-corrected chi connectivity index (χ2v) is 6.91. The van der Waals surface area contributed by atoms with Gasteiger partial charge in [-0.15, -0.1) is 0 Å². The van der Waals surface area contributed by atoms with Crippen LogP contribution in [0.5, 0.6) is 0 Å². The van der Waals surface area contributed by atoms with Crippen molar-refractivity contribution in [1.29, 1.82) is 0 Å². The third kappa shape index (κ3) is 2.94. The molecular formula is C20H17N5O5. The minimum atomic E-state index is -0.609. The molecule has 0 saturated heterocycles. The lowest BCUT2D eigenvalue weighted by Crippen LogP contribution is -2.19. The Morgan fingerprint density at radius 3 is 2.47 bits per heavy atom. The van der Waals surface area contributed by atoms with E-state index < -0.39 is 10.8 Å². The highest BCUT2D eigenvalue weighted by Crippen LogP contribution is 2.30. The van der Waals surface area contributed by atoms with Crippen LogP contribution in [0.15, 0.2) is 47.4 Å². The van der Waals surface area contributed by atoms with Crippen molar-refractivity contribution in [2.75, 3.05) is 5.32 Å². The molecular weight excluding hydrogens is 390 g/mol. The molecule has 2 aromatic heterocycles. The lowest BCUT2D eigenvalue weighted by atomic mass is 10.2. The van der Waals surface area contributed by atoms with Gasteiger partial charge >= 0.3 is 5.69 Å². The van der Waals surface area contributed by atoms with Crippen molar-refractivity contribution >= 4 is 45.5 Å². The number of para-hydroxylation sites is 1. The monoisotopic (exact) mass is 407 g/mol. The van der Waals surface area contributed by atoms with E-state index in [0.717, 1.165) is 0 Å². The molecule has 1 N–H and O–H groups in total. The Kier molecular flexibility index (Phi) is 4.46. The van der Waals surface area contributed by atoms with Crippen molar-refractivity contribution in [2.45, 2.75) is 6.54 Å². The van der Waals surface area contributed by atoms with Crippen molar-refractivity contribution < 1.29 is 14.5 Å². The number of benzene rings is 2. The zero-order valence-electron chi connectivity index (χ0n) is 16.2. The summed E-state index contributed by atoms with van der Waals surface area (Å²) in [7, 11) is 3.07. The molecule has 0 bridgehead atoms. The van der Waals surface area contributed by atoms with Gasteiger partial charge in [0.2, 0.25) is 5.91 Å². The number of amides is 1. The maximum absolute atomic E-state index is 12.7. The van der Waals surface area contributed by atoms with Crippen LogP contribution in [0.25, 0.3) is 21.9 Å². The molecule has 4 aromatic rings. The van der Waals surface area contributed by atoms with E-state index in [1.54, 1.807) is 42.1 Å². The van der Waals surface area contributed by atoms with Gasteiger partial charge in [-0.25, -0.2) is 4.79 Å². The summed E-state index contributed by atoms with van der Waals surface area (Å²) in [6.07, 6.45) is 2.28. The van der Waals surface area contributed by atoms with Crippen LogP contribution in [-0.2, 0) is 25.4 Å². The standard InChI is InChI=1S/C20H17N5O5/c1-22-17-7-14(16(25(29)30)8-18(17)23(2)20(22)28)21-19(27)10-24-9-12(11-26)13-5-3-4-6-15(13)24/h3-9,11H,10H2,1-2H3,(H,21,27). The van der Waals surface area contributed by atoms with E-state index in [4.69, 9.17) is 0 Å². The Hall–Kier alpha value is -4.21. The van der Waals surface area contributed by atoms with E-state index in [9.17, 15) is 24.5 Å². The third-order valence-corrected chi connectivity index (χ3v) is 5.12. The van der Waals surface area contributed by atoms with Crippen LogP contribution >= 0.6 is 0 Å².